The summed E-state index contributed by atoms with van der Waals surface area (Å²) < 4.78 is 1.61. The first-order valence-corrected chi connectivity index (χ1v) is 6.47. The second kappa shape index (κ2) is 4.11. The molecule has 0 saturated carbocycles. The highest BCUT2D eigenvalue weighted by Gasteiger charge is 2.07. The fourth-order valence-corrected chi connectivity index (χ4v) is 2.94. The molecule has 0 atom stereocenters. The summed E-state index contributed by atoms with van der Waals surface area (Å²) in [6.07, 6.45) is 0. The Kier molecular flexibility index (Phi) is 2.99. The fraction of sp³-hybridized carbons (Fsp3) is 0. The van der Waals surface area contributed by atoms with E-state index in [0.717, 1.165) is 31.5 Å². The molecule has 0 unspecified atom stereocenters. The van der Waals surface area contributed by atoms with Crippen LogP contribution in [0.4, 0.5) is 5.69 Å². The molecule has 3 N–H and O–H groups in total. The van der Waals surface area contributed by atoms with Crippen molar-refractivity contribution < 1.29 is 0 Å². The van der Waals surface area contributed by atoms with Crippen molar-refractivity contribution >= 4 is 48.9 Å². The number of thiazole rings is 1. The molecule has 0 aliphatic rings. The highest BCUT2D eigenvalue weighted by molar-refractivity contribution is 9.11. The minimum Gasteiger partial charge on any atom is -0.397 e. The molecule has 1 aromatic carbocycles. The molecule has 1 heterocycles. The predicted molar refractivity (Wildman–Crippen MR) is 70.2 cm³/mol. The smallest absolute Gasteiger partial charge is 0.304 e. The van der Waals surface area contributed by atoms with Crippen molar-refractivity contribution in [1.29, 1.82) is 0 Å². The normalized spacial score (nSPS) is 10.5. The molecule has 0 aliphatic heterocycles. The van der Waals surface area contributed by atoms with Crippen LogP contribution in [0.3, 0.4) is 0 Å². The van der Waals surface area contributed by atoms with Crippen LogP contribution in [0.2, 0.25) is 0 Å². The van der Waals surface area contributed by atoms with Crippen molar-refractivity contribution in [3.05, 3.63) is 36.1 Å². The van der Waals surface area contributed by atoms with Gasteiger partial charge in [-0.1, -0.05) is 11.3 Å². The molecule has 6 heteroatoms. The maximum atomic E-state index is 11.0. The zero-order valence-corrected chi connectivity index (χ0v) is 11.4. The van der Waals surface area contributed by atoms with Crippen LogP contribution in [0.25, 0.3) is 11.3 Å². The molecule has 3 nitrogen and oxygen atoms in total. The van der Waals surface area contributed by atoms with Crippen molar-refractivity contribution in [3.8, 4) is 11.3 Å². The minimum atomic E-state index is -0.0610. The molecule has 0 fully saturated rings. The Labute approximate surface area is 107 Å². The van der Waals surface area contributed by atoms with Gasteiger partial charge in [0.25, 0.3) is 0 Å². The molecule has 0 bridgehead atoms. The largest absolute Gasteiger partial charge is 0.397 e. The Hall–Kier alpha value is -0.590. The van der Waals surface area contributed by atoms with Gasteiger partial charge in [0.2, 0.25) is 0 Å². The number of benzene rings is 1. The summed E-state index contributed by atoms with van der Waals surface area (Å²) in [5.41, 5.74) is 8.14. The van der Waals surface area contributed by atoms with Crippen LogP contribution < -0.4 is 10.6 Å². The lowest BCUT2D eigenvalue weighted by molar-refractivity contribution is 1.34. The Morgan fingerprint density at radius 3 is 2.33 bits per heavy atom. The number of nitrogens with two attached hydrogens (primary N) is 1. The van der Waals surface area contributed by atoms with Gasteiger partial charge in [-0.25, -0.2) is 0 Å². The lowest BCUT2D eigenvalue weighted by atomic mass is 10.1. The molecule has 1 aromatic heterocycles. The molecule has 0 radical (unpaired) electrons. The SMILES string of the molecule is Nc1c(Br)cc(-c2csc(=O)[nH]2)cc1Br. The molecule has 2 rings (SSSR count). The van der Waals surface area contributed by atoms with E-state index in [0.29, 0.717) is 5.69 Å². The molecular formula is C9H6Br2N2OS. The van der Waals surface area contributed by atoms with E-state index in [2.05, 4.69) is 36.8 Å². The van der Waals surface area contributed by atoms with Crippen molar-refractivity contribution in [2.24, 2.45) is 0 Å². The zero-order valence-electron chi connectivity index (χ0n) is 7.38. The second-order valence-electron chi connectivity index (χ2n) is 2.92. The van der Waals surface area contributed by atoms with Gasteiger partial charge in [0.1, 0.15) is 0 Å². The van der Waals surface area contributed by atoms with E-state index in [1.807, 2.05) is 12.1 Å². The van der Waals surface area contributed by atoms with E-state index in [4.69, 9.17) is 5.73 Å². The quantitative estimate of drug-likeness (QED) is 0.776. The summed E-state index contributed by atoms with van der Waals surface area (Å²) in [6.45, 7) is 0. The Morgan fingerprint density at radius 2 is 1.87 bits per heavy atom. The van der Waals surface area contributed by atoms with Crippen LogP contribution in [-0.2, 0) is 0 Å². The Balaban J connectivity index is 2.59. The standard InChI is InChI=1S/C9H6Br2N2OS/c10-5-1-4(2-6(11)8(5)12)7-3-15-9(14)13-7/h1-3H,12H2,(H,13,14). The summed E-state index contributed by atoms with van der Waals surface area (Å²) in [5, 5.41) is 1.78. The monoisotopic (exact) mass is 348 g/mol. The topological polar surface area (TPSA) is 58.9 Å². The number of H-pyrrole nitrogens is 1. The summed E-state index contributed by atoms with van der Waals surface area (Å²) in [5.74, 6) is 0. The average molecular weight is 350 g/mol. The Morgan fingerprint density at radius 1 is 1.27 bits per heavy atom. The van der Waals surface area contributed by atoms with Crippen LogP contribution in [0.5, 0.6) is 0 Å². The van der Waals surface area contributed by atoms with E-state index in [1.54, 1.807) is 5.38 Å². The zero-order chi connectivity index (χ0) is 11.0. The number of halogens is 2. The number of aromatic nitrogens is 1. The first kappa shape index (κ1) is 10.9. The summed E-state index contributed by atoms with van der Waals surface area (Å²) >= 11 is 7.86. The second-order valence-corrected chi connectivity index (χ2v) is 5.47. The number of anilines is 1. The van der Waals surface area contributed by atoms with E-state index in [-0.39, 0.29) is 4.87 Å². The molecular weight excluding hydrogens is 344 g/mol. The van der Waals surface area contributed by atoms with Crippen LogP contribution in [0, 0.1) is 0 Å². The van der Waals surface area contributed by atoms with Gasteiger partial charge >= 0.3 is 4.87 Å². The van der Waals surface area contributed by atoms with Gasteiger partial charge in [-0.2, -0.15) is 0 Å². The average Bonchev–Trinajstić information content (AvgIpc) is 2.60. The first-order valence-electron chi connectivity index (χ1n) is 4.00. The third kappa shape index (κ3) is 2.16. The maximum Gasteiger partial charge on any atom is 0.304 e. The van der Waals surface area contributed by atoms with Gasteiger partial charge in [-0.15, -0.1) is 0 Å². The molecule has 15 heavy (non-hydrogen) atoms. The van der Waals surface area contributed by atoms with Crippen LogP contribution in [-0.4, -0.2) is 4.98 Å². The van der Waals surface area contributed by atoms with Crippen molar-refractivity contribution in [2.75, 3.05) is 5.73 Å². The van der Waals surface area contributed by atoms with E-state index < -0.39 is 0 Å². The van der Waals surface area contributed by atoms with E-state index in [1.165, 1.54) is 0 Å². The number of nitrogen functional groups attached to an aromatic ring is 1. The van der Waals surface area contributed by atoms with Gasteiger partial charge in [-0.05, 0) is 44.0 Å². The summed E-state index contributed by atoms with van der Waals surface area (Å²) in [7, 11) is 0. The molecule has 0 aliphatic carbocycles. The molecule has 0 saturated heterocycles. The lowest BCUT2D eigenvalue weighted by Gasteiger charge is -2.04. The lowest BCUT2D eigenvalue weighted by Crippen LogP contribution is -1.94. The fourth-order valence-electron chi connectivity index (χ4n) is 1.16. The van der Waals surface area contributed by atoms with Crippen LogP contribution in [0.15, 0.2) is 31.3 Å². The number of hydrogen-bond donors (Lipinski definition) is 2. The van der Waals surface area contributed by atoms with Gasteiger partial charge in [-0.3, -0.25) is 4.79 Å². The number of nitrogens with one attached hydrogen (secondary N) is 1. The van der Waals surface area contributed by atoms with Gasteiger partial charge in [0.05, 0.1) is 11.4 Å². The number of hydrogen-bond acceptors (Lipinski definition) is 3. The maximum absolute atomic E-state index is 11.0. The minimum absolute atomic E-state index is 0.0610. The predicted octanol–water partition coefficient (Wildman–Crippen LogP) is 3.21. The highest BCUT2D eigenvalue weighted by Crippen LogP contribution is 2.33. The van der Waals surface area contributed by atoms with E-state index >= 15 is 0 Å². The Bertz CT molecular complexity index is 538. The third-order valence-corrected chi connectivity index (χ3v) is 3.89. The molecule has 0 spiro atoms. The summed E-state index contributed by atoms with van der Waals surface area (Å²) in [4.78, 5) is 13.7. The molecule has 2 aromatic rings. The number of aromatic amines is 1. The van der Waals surface area contributed by atoms with Gasteiger partial charge < -0.3 is 10.7 Å². The van der Waals surface area contributed by atoms with Gasteiger partial charge in [0.15, 0.2) is 0 Å². The molecule has 0 amide bonds. The highest BCUT2D eigenvalue weighted by atomic mass is 79.9. The van der Waals surface area contributed by atoms with Crippen molar-refractivity contribution in [1.82, 2.24) is 4.98 Å². The van der Waals surface area contributed by atoms with Crippen LogP contribution >= 0.6 is 43.2 Å². The third-order valence-electron chi connectivity index (χ3n) is 1.91. The summed E-state index contributed by atoms with van der Waals surface area (Å²) in [6, 6.07) is 3.75. The first-order chi connectivity index (χ1) is 7.08. The molecule has 78 valence electrons. The van der Waals surface area contributed by atoms with Crippen molar-refractivity contribution in [3.63, 3.8) is 0 Å². The van der Waals surface area contributed by atoms with Gasteiger partial charge in [0, 0.05) is 19.9 Å². The van der Waals surface area contributed by atoms with Crippen molar-refractivity contribution in [2.45, 2.75) is 0 Å². The van der Waals surface area contributed by atoms with E-state index in [9.17, 15) is 4.79 Å². The van der Waals surface area contributed by atoms with Crippen LogP contribution in [0.1, 0.15) is 0 Å². The number of rotatable bonds is 1.